The highest BCUT2D eigenvalue weighted by molar-refractivity contribution is 6.00. The number of piperazine rings is 1. The number of imide groups is 1. The Bertz CT molecular complexity index is 1320. The molecule has 1 aromatic carbocycles. The second kappa shape index (κ2) is 13.0. The lowest BCUT2D eigenvalue weighted by Gasteiger charge is -2.43. The van der Waals surface area contributed by atoms with Gasteiger partial charge in [-0.1, -0.05) is 25.3 Å². The van der Waals surface area contributed by atoms with Crippen molar-refractivity contribution in [2.24, 2.45) is 13.0 Å². The second-order valence-corrected chi connectivity index (χ2v) is 13.2. The van der Waals surface area contributed by atoms with Crippen LogP contribution in [0.2, 0.25) is 0 Å². The van der Waals surface area contributed by atoms with Crippen LogP contribution in [0, 0.1) is 5.92 Å². The fourth-order valence-electron chi connectivity index (χ4n) is 7.47. The molecule has 2 saturated carbocycles. The highest BCUT2D eigenvalue weighted by Crippen LogP contribution is 2.31. The molecule has 2 aliphatic heterocycles. The molecule has 1 N–H and O–H groups in total. The number of hydrogen-bond acceptors (Lipinski definition) is 7. The van der Waals surface area contributed by atoms with Crippen molar-refractivity contribution in [1.29, 1.82) is 0 Å². The predicted molar refractivity (Wildman–Crippen MR) is 162 cm³/mol. The van der Waals surface area contributed by atoms with E-state index < -0.39 is 11.9 Å². The molecular formula is C32H48N6O4. The molecule has 2 aliphatic carbocycles. The quantitative estimate of drug-likeness (QED) is 0.432. The second-order valence-electron chi connectivity index (χ2n) is 13.2. The van der Waals surface area contributed by atoms with E-state index in [2.05, 4.69) is 39.2 Å². The molecule has 230 valence electrons. The molecule has 2 aromatic rings. The summed E-state index contributed by atoms with van der Waals surface area (Å²) in [7, 11) is 4.06. The largest absolute Gasteiger partial charge is 0.377 e. The van der Waals surface area contributed by atoms with E-state index in [4.69, 9.17) is 4.74 Å². The number of carbonyl (C=O) groups excluding carboxylic acids is 2. The van der Waals surface area contributed by atoms with Gasteiger partial charge in [-0.15, -0.1) is 0 Å². The average Bonchev–Trinajstić information content (AvgIpc) is 3.20. The minimum absolute atomic E-state index is 0.226. The maximum absolute atomic E-state index is 13.1. The number of carbonyl (C=O) groups is 2. The predicted octanol–water partition coefficient (Wildman–Crippen LogP) is 2.50. The average molecular weight is 581 g/mol. The molecule has 0 radical (unpaired) electrons. The Morgan fingerprint density at radius 1 is 0.952 bits per heavy atom. The van der Waals surface area contributed by atoms with Gasteiger partial charge in [0.2, 0.25) is 11.8 Å². The van der Waals surface area contributed by atoms with Crippen LogP contribution in [0.25, 0.3) is 11.0 Å². The number of hydrogen-bond donors (Lipinski definition) is 1. The van der Waals surface area contributed by atoms with Crippen LogP contribution in [-0.4, -0.2) is 101 Å². The van der Waals surface area contributed by atoms with Gasteiger partial charge in [-0.2, -0.15) is 0 Å². The Hall–Kier alpha value is -2.53. The van der Waals surface area contributed by atoms with E-state index in [0.717, 1.165) is 68.4 Å². The Morgan fingerprint density at radius 3 is 2.43 bits per heavy atom. The number of fused-ring (bicyclic) bond motifs is 1. The lowest BCUT2D eigenvalue weighted by Crippen LogP contribution is -2.49. The smallest absolute Gasteiger partial charge is 0.329 e. The summed E-state index contributed by atoms with van der Waals surface area (Å²) in [6.45, 7) is 7.99. The van der Waals surface area contributed by atoms with Crippen LogP contribution in [-0.2, 0) is 27.9 Å². The summed E-state index contributed by atoms with van der Waals surface area (Å²) in [6.07, 6.45) is 10.5. The molecule has 4 aliphatic rings. The molecule has 3 heterocycles. The summed E-state index contributed by atoms with van der Waals surface area (Å²) in [5, 5.41) is 2.37. The van der Waals surface area contributed by atoms with E-state index >= 15 is 0 Å². The topological polar surface area (TPSA) is 92.0 Å². The third-order valence-electron chi connectivity index (χ3n) is 10.3. The maximum atomic E-state index is 13.1. The Balaban J connectivity index is 0.928. The zero-order chi connectivity index (χ0) is 29.2. The van der Waals surface area contributed by atoms with Gasteiger partial charge in [-0.05, 0) is 62.8 Å². The van der Waals surface area contributed by atoms with Gasteiger partial charge in [0.1, 0.15) is 6.04 Å². The van der Waals surface area contributed by atoms with E-state index in [9.17, 15) is 14.4 Å². The first-order valence-corrected chi connectivity index (χ1v) is 16.2. The molecule has 10 nitrogen and oxygen atoms in total. The molecule has 2 amide bonds. The number of nitrogens with one attached hydrogen (secondary N) is 1. The SMILES string of the molecule is Cn1c(=O)n(C2CCC(=O)NC2=O)c2ccc(CN3CCN(CCO[C@H]4C[C@H](N(C)CC5CCCCC5)C4)CC3)cc21. The zero-order valence-corrected chi connectivity index (χ0v) is 25.4. The lowest BCUT2D eigenvalue weighted by molar-refractivity contribution is -0.135. The normalized spacial score (nSPS) is 26.6. The Labute approximate surface area is 248 Å². The first kappa shape index (κ1) is 29.5. The summed E-state index contributed by atoms with van der Waals surface area (Å²) < 4.78 is 9.39. The molecule has 1 aromatic heterocycles. The van der Waals surface area contributed by atoms with Gasteiger partial charge >= 0.3 is 5.69 Å². The van der Waals surface area contributed by atoms with Gasteiger partial charge < -0.3 is 9.64 Å². The highest BCUT2D eigenvalue weighted by atomic mass is 16.5. The van der Waals surface area contributed by atoms with Gasteiger partial charge in [0.25, 0.3) is 0 Å². The molecular weight excluding hydrogens is 532 g/mol. The molecule has 10 heteroatoms. The van der Waals surface area contributed by atoms with Crippen molar-refractivity contribution < 1.29 is 14.3 Å². The van der Waals surface area contributed by atoms with Crippen LogP contribution < -0.4 is 11.0 Å². The number of nitrogens with zero attached hydrogens (tertiary/aromatic N) is 5. The van der Waals surface area contributed by atoms with Gasteiger partial charge in [0.05, 0.1) is 23.7 Å². The monoisotopic (exact) mass is 580 g/mol. The first-order chi connectivity index (χ1) is 20.4. The number of imidazole rings is 1. The fourth-order valence-corrected chi connectivity index (χ4v) is 7.47. The van der Waals surface area contributed by atoms with Crippen LogP contribution in [0.15, 0.2) is 23.0 Å². The van der Waals surface area contributed by atoms with Crippen molar-refractivity contribution in [1.82, 2.24) is 29.2 Å². The maximum Gasteiger partial charge on any atom is 0.329 e. The third kappa shape index (κ3) is 6.51. The molecule has 0 bridgehead atoms. The number of aromatic nitrogens is 2. The number of piperidine rings is 1. The van der Waals surface area contributed by atoms with Crippen LogP contribution >= 0.6 is 0 Å². The van der Waals surface area contributed by atoms with Gasteiger partial charge in [-0.25, -0.2) is 4.79 Å². The van der Waals surface area contributed by atoms with Crippen molar-refractivity contribution >= 4 is 22.8 Å². The number of rotatable bonds is 10. The Kier molecular flexibility index (Phi) is 9.14. The molecule has 1 unspecified atom stereocenters. The van der Waals surface area contributed by atoms with Gasteiger partial charge in [-0.3, -0.25) is 33.8 Å². The fraction of sp³-hybridized carbons (Fsp3) is 0.719. The number of aryl methyl sites for hydroxylation is 1. The van der Waals surface area contributed by atoms with Gasteiger partial charge in [0, 0.05) is 65.3 Å². The Morgan fingerprint density at radius 2 is 1.69 bits per heavy atom. The van der Waals surface area contributed by atoms with Crippen LogP contribution in [0.3, 0.4) is 0 Å². The van der Waals surface area contributed by atoms with Crippen molar-refractivity contribution in [2.45, 2.75) is 82.5 Å². The van der Waals surface area contributed by atoms with Crippen molar-refractivity contribution in [3.63, 3.8) is 0 Å². The lowest BCUT2D eigenvalue weighted by atomic mass is 9.85. The van der Waals surface area contributed by atoms with E-state index in [1.54, 1.807) is 16.2 Å². The standard InChI is InChI=1S/C32H48N6O4/c1-34(21-23-6-4-3-5-7-23)25-19-26(20-25)42-17-16-36-12-14-37(15-13-36)22-24-8-9-27-29(18-24)35(2)32(41)38(27)28-10-11-30(39)33-31(28)40/h8-9,18,23,25-26,28H,3-7,10-17,19-22H2,1-2H3,(H,33,39,40)/t25-,26-,28?. The molecule has 1 atom stereocenters. The highest BCUT2D eigenvalue weighted by Gasteiger charge is 2.34. The molecule has 4 fully saturated rings. The van der Waals surface area contributed by atoms with Crippen LogP contribution in [0.5, 0.6) is 0 Å². The van der Waals surface area contributed by atoms with Crippen LogP contribution in [0.4, 0.5) is 0 Å². The first-order valence-electron chi connectivity index (χ1n) is 16.2. The molecule has 2 saturated heterocycles. The van der Waals surface area contributed by atoms with Crippen LogP contribution in [0.1, 0.15) is 69.4 Å². The van der Waals surface area contributed by atoms with E-state index in [1.807, 2.05) is 6.07 Å². The van der Waals surface area contributed by atoms with Crippen molar-refractivity contribution in [3.05, 3.63) is 34.2 Å². The summed E-state index contributed by atoms with van der Waals surface area (Å²) in [4.78, 5) is 44.7. The minimum atomic E-state index is -0.653. The molecule has 6 rings (SSSR count). The van der Waals surface area contributed by atoms with E-state index in [0.29, 0.717) is 18.6 Å². The number of amides is 2. The number of ether oxygens (including phenoxy) is 1. The van der Waals surface area contributed by atoms with Gasteiger partial charge in [0.15, 0.2) is 0 Å². The molecule has 0 spiro atoms. The zero-order valence-electron chi connectivity index (χ0n) is 25.4. The van der Waals surface area contributed by atoms with E-state index in [-0.39, 0.29) is 18.0 Å². The minimum Gasteiger partial charge on any atom is -0.377 e. The summed E-state index contributed by atoms with van der Waals surface area (Å²) in [5.74, 6) is 0.229. The van der Waals surface area contributed by atoms with E-state index in [1.165, 1.54) is 51.5 Å². The van der Waals surface area contributed by atoms with Crippen molar-refractivity contribution in [3.8, 4) is 0 Å². The molecule has 42 heavy (non-hydrogen) atoms. The summed E-state index contributed by atoms with van der Waals surface area (Å²) in [6, 6.07) is 6.13. The number of benzene rings is 1. The summed E-state index contributed by atoms with van der Waals surface area (Å²) >= 11 is 0. The summed E-state index contributed by atoms with van der Waals surface area (Å²) in [5.41, 5.74) is 2.48. The third-order valence-corrected chi connectivity index (χ3v) is 10.3. The van der Waals surface area contributed by atoms with Crippen molar-refractivity contribution in [2.75, 3.05) is 52.9 Å².